The number of carbonyl (C=O) groups excluding carboxylic acids is 3. The topological polar surface area (TPSA) is 81.7 Å². The fourth-order valence-corrected chi connectivity index (χ4v) is 2.62. The van der Waals surface area contributed by atoms with E-state index in [0.717, 1.165) is 10.8 Å². The third kappa shape index (κ3) is 6.09. The average Bonchev–Trinajstić information content (AvgIpc) is 2.62. The number of amides is 1. The van der Waals surface area contributed by atoms with Gasteiger partial charge in [0.25, 0.3) is 5.91 Å². The van der Waals surface area contributed by atoms with Crippen molar-refractivity contribution in [3.63, 3.8) is 0 Å². The van der Waals surface area contributed by atoms with Crippen molar-refractivity contribution in [1.29, 1.82) is 0 Å². The number of benzene rings is 2. The summed E-state index contributed by atoms with van der Waals surface area (Å²) in [4.78, 5) is 36.4. The van der Waals surface area contributed by atoms with Gasteiger partial charge in [-0.3, -0.25) is 9.59 Å². The quantitative estimate of drug-likeness (QED) is 0.789. The van der Waals surface area contributed by atoms with E-state index in [0.29, 0.717) is 5.56 Å². The molecule has 0 radical (unpaired) electrons. The molecule has 0 aliphatic carbocycles. The van der Waals surface area contributed by atoms with Crippen LogP contribution in [0.4, 0.5) is 0 Å². The summed E-state index contributed by atoms with van der Waals surface area (Å²) in [5.41, 5.74) is -0.175. The van der Waals surface area contributed by atoms with Crippen LogP contribution in [-0.4, -0.2) is 36.6 Å². The molecule has 1 amide bonds. The monoisotopic (exact) mass is 371 g/mol. The summed E-state index contributed by atoms with van der Waals surface area (Å²) >= 11 is 0. The zero-order valence-corrected chi connectivity index (χ0v) is 16.1. The van der Waals surface area contributed by atoms with E-state index in [1.165, 1.54) is 7.11 Å². The van der Waals surface area contributed by atoms with Crippen molar-refractivity contribution in [3.05, 3.63) is 48.0 Å². The van der Waals surface area contributed by atoms with Gasteiger partial charge in [-0.2, -0.15) is 0 Å². The first-order valence-electron chi connectivity index (χ1n) is 8.79. The second-order valence-electron chi connectivity index (χ2n) is 7.24. The summed E-state index contributed by atoms with van der Waals surface area (Å²) in [5.74, 6) is -1.44. The van der Waals surface area contributed by atoms with Gasteiger partial charge >= 0.3 is 11.9 Å². The lowest BCUT2D eigenvalue weighted by Gasteiger charge is -2.21. The molecule has 0 unspecified atom stereocenters. The zero-order valence-electron chi connectivity index (χ0n) is 16.1. The van der Waals surface area contributed by atoms with E-state index in [2.05, 4.69) is 5.32 Å². The van der Waals surface area contributed by atoms with Crippen LogP contribution in [0.1, 0.15) is 44.0 Å². The van der Waals surface area contributed by atoms with E-state index in [4.69, 9.17) is 9.47 Å². The largest absolute Gasteiger partial charge is 0.467 e. The van der Waals surface area contributed by atoms with Crippen LogP contribution in [0.25, 0.3) is 10.8 Å². The molecule has 0 saturated heterocycles. The van der Waals surface area contributed by atoms with E-state index in [1.807, 2.05) is 30.3 Å². The molecule has 2 aromatic carbocycles. The number of fused-ring (bicyclic) bond motifs is 1. The number of hydrogen-bond donors (Lipinski definition) is 1. The molecular formula is C21H25NO5. The first-order valence-corrected chi connectivity index (χ1v) is 8.79. The van der Waals surface area contributed by atoms with Crippen molar-refractivity contribution in [2.24, 2.45) is 0 Å². The predicted molar refractivity (Wildman–Crippen MR) is 102 cm³/mol. The van der Waals surface area contributed by atoms with Gasteiger partial charge in [0.05, 0.1) is 7.11 Å². The lowest BCUT2D eigenvalue weighted by molar-refractivity contribution is -0.155. The molecule has 2 rings (SSSR count). The Hall–Kier alpha value is -2.89. The van der Waals surface area contributed by atoms with Crippen LogP contribution in [0.15, 0.2) is 42.5 Å². The Labute approximate surface area is 158 Å². The van der Waals surface area contributed by atoms with E-state index in [-0.39, 0.29) is 12.8 Å². The molecule has 0 heterocycles. The maximum atomic E-state index is 12.6. The maximum Gasteiger partial charge on any atom is 0.328 e. The summed E-state index contributed by atoms with van der Waals surface area (Å²) in [6.07, 6.45) is 0.0932. The Morgan fingerprint density at radius 3 is 2.33 bits per heavy atom. The van der Waals surface area contributed by atoms with E-state index in [9.17, 15) is 14.4 Å². The summed E-state index contributed by atoms with van der Waals surface area (Å²) in [6, 6.07) is 12.0. The second-order valence-corrected chi connectivity index (χ2v) is 7.24. The Balaban J connectivity index is 2.06. The molecule has 0 aliphatic heterocycles. The molecule has 2 aromatic rings. The minimum atomic E-state index is -0.929. The van der Waals surface area contributed by atoms with Crippen molar-refractivity contribution in [2.45, 2.75) is 45.3 Å². The van der Waals surface area contributed by atoms with Crippen LogP contribution in [0.3, 0.4) is 0 Å². The van der Waals surface area contributed by atoms with Gasteiger partial charge in [-0.05, 0) is 50.1 Å². The van der Waals surface area contributed by atoms with E-state index in [1.54, 1.807) is 32.9 Å². The highest BCUT2D eigenvalue weighted by Gasteiger charge is 2.25. The van der Waals surface area contributed by atoms with Crippen molar-refractivity contribution < 1.29 is 23.9 Å². The highest BCUT2D eigenvalue weighted by Crippen LogP contribution is 2.16. The fourth-order valence-electron chi connectivity index (χ4n) is 2.62. The van der Waals surface area contributed by atoms with Crippen molar-refractivity contribution in [1.82, 2.24) is 5.32 Å². The summed E-state index contributed by atoms with van der Waals surface area (Å²) in [7, 11) is 1.24. The van der Waals surface area contributed by atoms with Gasteiger partial charge in [0.2, 0.25) is 0 Å². The number of rotatable bonds is 6. The Bertz CT molecular complexity index is 838. The molecule has 0 spiro atoms. The minimum absolute atomic E-state index is 0.00492. The van der Waals surface area contributed by atoms with Crippen LogP contribution in [0.2, 0.25) is 0 Å². The second kappa shape index (κ2) is 8.66. The molecule has 1 atom stereocenters. The number of ether oxygens (including phenoxy) is 2. The molecule has 6 heteroatoms. The maximum absolute atomic E-state index is 12.6. The van der Waals surface area contributed by atoms with Crippen LogP contribution in [0, 0.1) is 0 Å². The minimum Gasteiger partial charge on any atom is -0.467 e. The molecule has 0 aliphatic rings. The van der Waals surface area contributed by atoms with Crippen LogP contribution >= 0.6 is 0 Å². The molecule has 0 fully saturated rings. The Morgan fingerprint density at radius 2 is 1.70 bits per heavy atom. The van der Waals surface area contributed by atoms with Crippen LogP contribution in [0.5, 0.6) is 0 Å². The van der Waals surface area contributed by atoms with Crippen LogP contribution in [-0.2, 0) is 19.1 Å². The van der Waals surface area contributed by atoms with Crippen molar-refractivity contribution in [3.8, 4) is 0 Å². The smallest absolute Gasteiger partial charge is 0.328 e. The van der Waals surface area contributed by atoms with Gasteiger partial charge < -0.3 is 14.8 Å². The highest BCUT2D eigenvalue weighted by atomic mass is 16.6. The van der Waals surface area contributed by atoms with Gasteiger partial charge in [-0.15, -0.1) is 0 Å². The summed E-state index contributed by atoms with van der Waals surface area (Å²) < 4.78 is 9.98. The number of nitrogens with one attached hydrogen (secondary N) is 1. The van der Waals surface area contributed by atoms with Gasteiger partial charge in [-0.25, -0.2) is 4.79 Å². The first-order chi connectivity index (χ1) is 12.7. The van der Waals surface area contributed by atoms with Crippen LogP contribution < -0.4 is 5.32 Å². The highest BCUT2D eigenvalue weighted by molar-refractivity contribution is 6.00. The average molecular weight is 371 g/mol. The van der Waals surface area contributed by atoms with E-state index < -0.39 is 29.5 Å². The Morgan fingerprint density at radius 1 is 1.04 bits per heavy atom. The number of carbonyl (C=O) groups is 3. The molecule has 27 heavy (non-hydrogen) atoms. The molecule has 0 saturated carbocycles. The molecule has 6 nitrogen and oxygen atoms in total. The third-order valence-corrected chi connectivity index (χ3v) is 3.86. The van der Waals surface area contributed by atoms with Gasteiger partial charge in [0, 0.05) is 12.0 Å². The molecular weight excluding hydrogens is 346 g/mol. The standard InChI is InChI=1S/C21H25NO5/c1-21(2,3)27-18(23)12-11-17(20(25)26-4)22-19(24)16-10-9-14-7-5-6-8-15(14)13-16/h5-10,13,17H,11-12H2,1-4H3,(H,22,24)/t17-/m0/s1. The number of methoxy groups -OCH3 is 1. The normalized spacial score (nSPS) is 12.3. The fraction of sp³-hybridized carbons (Fsp3) is 0.381. The van der Waals surface area contributed by atoms with Gasteiger partial charge in [0.15, 0.2) is 0 Å². The molecule has 0 bridgehead atoms. The lowest BCUT2D eigenvalue weighted by Crippen LogP contribution is -2.42. The summed E-state index contributed by atoms with van der Waals surface area (Å²) in [5, 5.41) is 4.59. The summed E-state index contributed by atoms with van der Waals surface area (Å²) in [6.45, 7) is 5.30. The van der Waals surface area contributed by atoms with Crippen molar-refractivity contribution in [2.75, 3.05) is 7.11 Å². The Kier molecular flexibility index (Phi) is 6.55. The molecule has 0 aromatic heterocycles. The third-order valence-electron chi connectivity index (χ3n) is 3.86. The number of esters is 2. The number of hydrogen-bond acceptors (Lipinski definition) is 5. The first kappa shape index (κ1) is 20.4. The lowest BCUT2D eigenvalue weighted by atomic mass is 10.1. The van der Waals surface area contributed by atoms with Gasteiger partial charge in [-0.1, -0.05) is 30.3 Å². The zero-order chi connectivity index (χ0) is 20.0. The molecule has 144 valence electrons. The predicted octanol–water partition coefficient (Wildman–Crippen LogP) is 3.23. The van der Waals surface area contributed by atoms with Crippen molar-refractivity contribution >= 4 is 28.6 Å². The van der Waals surface area contributed by atoms with E-state index >= 15 is 0 Å². The SMILES string of the molecule is COC(=O)[C@H](CCC(=O)OC(C)(C)C)NC(=O)c1ccc2ccccc2c1. The molecule has 1 N–H and O–H groups in total. The van der Waals surface area contributed by atoms with Gasteiger partial charge in [0.1, 0.15) is 11.6 Å².